The Labute approximate surface area is 207 Å². The minimum absolute atomic E-state index is 0.102. The molecule has 8 nitrogen and oxygen atoms in total. The number of aryl methyl sites for hydroxylation is 2. The number of methoxy groups -OCH3 is 2. The van der Waals surface area contributed by atoms with Crippen LogP contribution >= 0.6 is 11.8 Å². The summed E-state index contributed by atoms with van der Waals surface area (Å²) in [6.07, 6.45) is 1.77. The third-order valence-corrected chi connectivity index (χ3v) is 6.19. The minimum atomic E-state index is -0.553. The molecule has 0 bridgehead atoms. The van der Waals surface area contributed by atoms with E-state index in [0.717, 1.165) is 16.8 Å². The maximum absolute atomic E-state index is 12.5. The Balaban J connectivity index is 1.46. The molecule has 4 rings (SSSR count). The summed E-state index contributed by atoms with van der Waals surface area (Å²) in [6, 6.07) is 14.4. The second-order valence-electron chi connectivity index (χ2n) is 7.71. The summed E-state index contributed by atoms with van der Waals surface area (Å²) < 4.78 is 21.3. The molecule has 2 aromatic carbocycles. The molecule has 1 N–H and O–H groups in total. The second-order valence-corrected chi connectivity index (χ2v) is 8.74. The molecule has 0 spiro atoms. The second kappa shape index (κ2) is 10.5. The number of hydrogen-bond donors (Lipinski definition) is 1. The molecule has 1 aliphatic heterocycles. The molecule has 2 heterocycles. The highest BCUT2D eigenvalue weighted by Gasteiger charge is 2.24. The molecule has 35 heavy (non-hydrogen) atoms. The number of carbonyl (C=O) groups excluding carboxylic acids is 2. The molecule has 3 aromatic rings. The van der Waals surface area contributed by atoms with Gasteiger partial charge in [0.25, 0.3) is 5.91 Å². The van der Waals surface area contributed by atoms with E-state index in [9.17, 15) is 9.59 Å². The highest BCUT2D eigenvalue weighted by molar-refractivity contribution is 8.18. The molecule has 1 amide bonds. The highest BCUT2D eigenvalue weighted by atomic mass is 32.2. The Morgan fingerprint density at radius 2 is 1.89 bits per heavy atom. The summed E-state index contributed by atoms with van der Waals surface area (Å²) in [6.45, 7) is 4.17. The van der Waals surface area contributed by atoms with E-state index < -0.39 is 5.97 Å². The molecule has 180 valence electrons. The van der Waals surface area contributed by atoms with Gasteiger partial charge in [-0.3, -0.25) is 4.79 Å². The van der Waals surface area contributed by atoms with Crippen molar-refractivity contribution in [2.24, 2.45) is 4.99 Å². The molecule has 0 atom stereocenters. The Morgan fingerprint density at radius 1 is 1.06 bits per heavy atom. The van der Waals surface area contributed by atoms with Crippen LogP contribution in [0.5, 0.6) is 11.5 Å². The van der Waals surface area contributed by atoms with Crippen molar-refractivity contribution in [1.82, 2.24) is 5.32 Å². The number of amidine groups is 1. The van der Waals surface area contributed by atoms with Crippen LogP contribution in [-0.4, -0.2) is 31.3 Å². The van der Waals surface area contributed by atoms with Crippen LogP contribution in [0.4, 0.5) is 5.69 Å². The van der Waals surface area contributed by atoms with Crippen molar-refractivity contribution in [2.45, 2.75) is 20.5 Å². The number of esters is 1. The van der Waals surface area contributed by atoms with Crippen LogP contribution in [0, 0.1) is 13.8 Å². The fraction of sp³-hybridized carbons (Fsp3) is 0.192. The number of carbonyl (C=O) groups is 2. The summed E-state index contributed by atoms with van der Waals surface area (Å²) in [4.78, 5) is 29.1. The van der Waals surface area contributed by atoms with Crippen LogP contribution in [0.15, 0.2) is 62.8 Å². The van der Waals surface area contributed by atoms with E-state index >= 15 is 0 Å². The van der Waals surface area contributed by atoms with Crippen LogP contribution in [0.1, 0.15) is 33.0 Å². The highest BCUT2D eigenvalue weighted by Crippen LogP contribution is 2.33. The van der Waals surface area contributed by atoms with Crippen molar-refractivity contribution in [3.05, 3.63) is 81.6 Å². The predicted octanol–water partition coefficient (Wildman–Crippen LogP) is 5.16. The molecule has 0 radical (unpaired) electrons. The zero-order valence-electron chi connectivity index (χ0n) is 19.7. The van der Waals surface area contributed by atoms with E-state index in [1.165, 1.54) is 37.6 Å². The first-order chi connectivity index (χ1) is 16.9. The number of benzene rings is 2. The van der Waals surface area contributed by atoms with E-state index in [-0.39, 0.29) is 18.3 Å². The van der Waals surface area contributed by atoms with Gasteiger partial charge in [-0.15, -0.1) is 0 Å². The zero-order chi connectivity index (χ0) is 24.9. The van der Waals surface area contributed by atoms with Crippen LogP contribution in [0.3, 0.4) is 0 Å². The third kappa shape index (κ3) is 5.75. The number of ether oxygens (including phenoxy) is 3. The van der Waals surface area contributed by atoms with Gasteiger partial charge < -0.3 is 23.9 Å². The molecule has 0 aliphatic carbocycles. The van der Waals surface area contributed by atoms with Gasteiger partial charge in [0.05, 0.1) is 24.8 Å². The van der Waals surface area contributed by atoms with Gasteiger partial charge in [0.1, 0.15) is 12.4 Å². The summed E-state index contributed by atoms with van der Waals surface area (Å²) in [5.41, 5.74) is 3.89. The average molecular weight is 493 g/mol. The number of aliphatic imine (C=N–C) groups is 1. The first-order valence-corrected chi connectivity index (χ1v) is 11.5. The molecule has 1 aliphatic rings. The van der Waals surface area contributed by atoms with Crippen LogP contribution in [0.2, 0.25) is 0 Å². The maximum Gasteiger partial charge on any atom is 0.373 e. The standard InChI is InChI=1S/C26H24N2O6S/c1-15-5-7-18(11-16(15)2)27-26-28-24(29)23(35-26)13-17-6-9-20(22(12-17)31-3)33-14-19-8-10-21(34-19)25(30)32-4/h5-13H,14H2,1-4H3,(H,27,28,29)/b23-13+. The Bertz CT molecular complexity index is 1340. The molecule has 9 heteroatoms. The molecule has 1 aromatic heterocycles. The molecule has 0 saturated carbocycles. The maximum atomic E-state index is 12.5. The van der Waals surface area contributed by atoms with E-state index in [4.69, 9.17) is 13.9 Å². The number of nitrogens with zero attached hydrogens (tertiary/aromatic N) is 1. The van der Waals surface area contributed by atoms with Crippen molar-refractivity contribution < 1.29 is 28.2 Å². The van der Waals surface area contributed by atoms with Crippen molar-refractivity contribution in [3.63, 3.8) is 0 Å². The summed E-state index contributed by atoms with van der Waals surface area (Å²) >= 11 is 1.28. The topological polar surface area (TPSA) is 99.4 Å². The van der Waals surface area contributed by atoms with E-state index in [1.54, 1.807) is 24.3 Å². The lowest BCUT2D eigenvalue weighted by molar-refractivity contribution is -0.115. The van der Waals surface area contributed by atoms with Crippen LogP contribution < -0.4 is 14.8 Å². The molecular formula is C26H24N2O6S. The minimum Gasteiger partial charge on any atom is -0.493 e. The molecule has 1 saturated heterocycles. The summed E-state index contributed by atoms with van der Waals surface area (Å²) in [5, 5.41) is 3.33. The number of nitrogens with one attached hydrogen (secondary N) is 1. The number of thioether (sulfide) groups is 1. The van der Waals surface area contributed by atoms with Gasteiger partial charge in [-0.25, -0.2) is 9.79 Å². The first-order valence-electron chi connectivity index (χ1n) is 10.7. The Kier molecular flexibility index (Phi) is 7.26. The summed E-state index contributed by atoms with van der Waals surface area (Å²) in [7, 11) is 2.82. The van der Waals surface area contributed by atoms with Gasteiger partial charge in [0, 0.05) is 0 Å². The lowest BCUT2D eigenvalue weighted by atomic mass is 10.1. The monoisotopic (exact) mass is 492 g/mol. The smallest absolute Gasteiger partial charge is 0.373 e. The van der Waals surface area contributed by atoms with Crippen molar-refractivity contribution in [1.29, 1.82) is 0 Å². The van der Waals surface area contributed by atoms with Gasteiger partial charge in [-0.1, -0.05) is 12.1 Å². The number of hydrogen-bond acceptors (Lipinski definition) is 8. The van der Waals surface area contributed by atoms with Gasteiger partial charge >= 0.3 is 5.97 Å². The molecule has 0 unspecified atom stereocenters. The molecule has 1 fully saturated rings. The van der Waals surface area contributed by atoms with Gasteiger partial charge in [-0.2, -0.15) is 0 Å². The van der Waals surface area contributed by atoms with Gasteiger partial charge in [0.2, 0.25) is 5.76 Å². The van der Waals surface area contributed by atoms with Crippen LogP contribution in [0.25, 0.3) is 6.08 Å². The Hall–Kier alpha value is -3.98. The Morgan fingerprint density at radius 3 is 2.63 bits per heavy atom. The number of rotatable bonds is 7. The number of furan rings is 1. The van der Waals surface area contributed by atoms with Crippen LogP contribution in [-0.2, 0) is 16.1 Å². The quantitative estimate of drug-likeness (QED) is 0.359. The lowest BCUT2D eigenvalue weighted by Crippen LogP contribution is -2.19. The van der Waals surface area contributed by atoms with E-state index in [2.05, 4.69) is 15.0 Å². The van der Waals surface area contributed by atoms with Gasteiger partial charge in [0.15, 0.2) is 16.7 Å². The fourth-order valence-electron chi connectivity index (χ4n) is 3.25. The first kappa shape index (κ1) is 24.2. The zero-order valence-corrected chi connectivity index (χ0v) is 20.5. The third-order valence-electron chi connectivity index (χ3n) is 5.28. The average Bonchev–Trinajstić information content (AvgIpc) is 3.46. The largest absolute Gasteiger partial charge is 0.493 e. The van der Waals surface area contributed by atoms with Crippen molar-refractivity contribution >= 4 is 40.6 Å². The van der Waals surface area contributed by atoms with E-state index in [1.807, 2.05) is 38.1 Å². The van der Waals surface area contributed by atoms with Gasteiger partial charge in [-0.05, 0) is 84.8 Å². The summed E-state index contributed by atoms with van der Waals surface area (Å²) in [5.74, 6) is 0.789. The molecular weight excluding hydrogens is 468 g/mol. The SMILES string of the molecule is COC(=O)c1ccc(COc2ccc(/C=C3/SC(=Nc4ccc(C)c(C)c4)NC3=O)cc2OC)o1. The normalized spacial score (nSPS) is 15.4. The fourth-order valence-corrected chi connectivity index (χ4v) is 4.09. The van der Waals surface area contributed by atoms with Crippen molar-refractivity contribution in [2.75, 3.05) is 14.2 Å². The van der Waals surface area contributed by atoms with Crippen molar-refractivity contribution in [3.8, 4) is 11.5 Å². The van der Waals surface area contributed by atoms with E-state index in [0.29, 0.717) is 27.3 Å². The predicted molar refractivity (Wildman–Crippen MR) is 134 cm³/mol. The number of amides is 1. The lowest BCUT2D eigenvalue weighted by Gasteiger charge is -2.10.